The predicted octanol–water partition coefficient (Wildman–Crippen LogP) is 1.93. The van der Waals surface area contributed by atoms with Gasteiger partial charge in [0.2, 0.25) is 0 Å². The number of amides is 3. The zero-order chi connectivity index (χ0) is 16.3. The third kappa shape index (κ3) is 2.42. The van der Waals surface area contributed by atoms with Crippen molar-refractivity contribution in [2.45, 2.75) is 44.8 Å². The SMILES string of the molecule is CCCCC1N(C)C(=O)C(C)(c2ccccn2)N1C(=O)NC. The summed E-state index contributed by atoms with van der Waals surface area (Å²) in [6.45, 7) is 3.87. The van der Waals surface area contributed by atoms with Gasteiger partial charge in [0.15, 0.2) is 5.54 Å². The molecule has 6 nitrogen and oxygen atoms in total. The second-order valence-electron chi connectivity index (χ2n) is 5.75. The summed E-state index contributed by atoms with van der Waals surface area (Å²) in [5, 5.41) is 2.66. The molecule has 1 N–H and O–H groups in total. The minimum absolute atomic E-state index is 0.101. The lowest BCUT2D eigenvalue weighted by molar-refractivity contribution is -0.132. The van der Waals surface area contributed by atoms with Crippen molar-refractivity contribution < 1.29 is 9.59 Å². The van der Waals surface area contributed by atoms with Crippen LogP contribution in [-0.2, 0) is 10.3 Å². The normalized spacial score (nSPS) is 24.7. The molecule has 1 aromatic rings. The number of carbonyl (C=O) groups is 2. The van der Waals surface area contributed by atoms with Crippen LogP contribution in [0.1, 0.15) is 38.8 Å². The Kier molecular flexibility index (Phi) is 4.68. The molecular weight excluding hydrogens is 280 g/mol. The Morgan fingerprint density at radius 1 is 1.45 bits per heavy atom. The number of hydrogen-bond donors (Lipinski definition) is 1. The van der Waals surface area contributed by atoms with Gasteiger partial charge in [-0.15, -0.1) is 0 Å². The molecule has 2 heterocycles. The second-order valence-corrected chi connectivity index (χ2v) is 5.75. The lowest BCUT2D eigenvalue weighted by Gasteiger charge is -2.35. The summed E-state index contributed by atoms with van der Waals surface area (Å²) in [6.07, 6.45) is 4.12. The van der Waals surface area contributed by atoms with E-state index in [1.807, 2.05) is 6.07 Å². The zero-order valence-corrected chi connectivity index (χ0v) is 13.7. The largest absolute Gasteiger partial charge is 0.341 e. The molecule has 3 amide bonds. The van der Waals surface area contributed by atoms with E-state index in [0.29, 0.717) is 5.69 Å². The maximum atomic E-state index is 12.9. The lowest BCUT2D eigenvalue weighted by atomic mass is 9.95. The Morgan fingerprint density at radius 3 is 2.73 bits per heavy atom. The van der Waals surface area contributed by atoms with Crippen LogP contribution in [0.15, 0.2) is 24.4 Å². The first-order valence-electron chi connectivity index (χ1n) is 7.68. The summed E-state index contributed by atoms with van der Waals surface area (Å²) >= 11 is 0. The van der Waals surface area contributed by atoms with Gasteiger partial charge in [0, 0.05) is 20.3 Å². The van der Waals surface area contributed by atoms with Gasteiger partial charge in [0.05, 0.1) is 5.69 Å². The number of urea groups is 1. The second kappa shape index (κ2) is 6.34. The number of rotatable bonds is 4. The van der Waals surface area contributed by atoms with Crippen molar-refractivity contribution in [3.8, 4) is 0 Å². The van der Waals surface area contributed by atoms with Crippen molar-refractivity contribution in [2.75, 3.05) is 14.1 Å². The van der Waals surface area contributed by atoms with Crippen molar-refractivity contribution in [2.24, 2.45) is 0 Å². The molecule has 0 radical (unpaired) electrons. The Morgan fingerprint density at radius 2 is 2.18 bits per heavy atom. The number of nitrogens with one attached hydrogen (secondary N) is 1. The Bertz CT molecular complexity index is 548. The van der Waals surface area contributed by atoms with Crippen molar-refractivity contribution in [1.82, 2.24) is 20.1 Å². The summed E-state index contributed by atoms with van der Waals surface area (Å²) in [6, 6.07) is 5.17. The summed E-state index contributed by atoms with van der Waals surface area (Å²) < 4.78 is 0. The van der Waals surface area contributed by atoms with Crippen molar-refractivity contribution in [1.29, 1.82) is 0 Å². The van der Waals surface area contributed by atoms with Crippen LogP contribution in [0.2, 0.25) is 0 Å². The molecular formula is C16H24N4O2. The molecule has 1 aliphatic rings. The van der Waals surface area contributed by atoms with Gasteiger partial charge in [-0.3, -0.25) is 14.7 Å². The highest BCUT2D eigenvalue weighted by Gasteiger charge is 2.56. The first-order valence-corrected chi connectivity index (χ1v) is 7.68. The quantitative estimate of drug-likeness (QED) is 0.924. The molecule has 120 valence electrons. The van der Waals surface area contributed by atoms with E-state index in [4.69, 9.17) is 0 Å². The van der Waals surface area contributed by atoms with Crippen LogP contribution in [-0.4, -0.2) is 47.0 Å². The number of nitrogens with zero attached hydrogens (tertiary/aromatic N) is 3. The number of aromatic nitrogens is 1. The van der Waals surface area contributed by atoms with E-state index >= 15 is 0 Å². The van der Waals surface area contributed by atoms with E-state index in [1.165, 1.54) is 0 Å². The fraction of sp³-hybridized carbons (Fsp3) is 0.562. The smallest absolute Gasteiger partial charge is 0.320 e. The highest BCUT2D eigenvalue weighted by molar-refractivity contribution is 5.94. The van der Waals surface area contributed by atoms with Gasteiger partial charge in [-0.2, -0.15) is 0 Å². The topological polar surface area (TPSA) is 65.5 Å². The summed E-state index contributed by atoms with van der Waals surface area (Å²) in [4.78, 5) is 33.0. The molecule has 0 aromatic carbocycles. The molecule has 1 saturated heterocycles. The number of hydrogen-bond acceptors (Lipinski definition) is 3. The molecule has 0 saturated carbocycles. The fourth-order valence-electron chi connectivity index (χ4n) is 3.11. The maximum absolute atomic E-state index is 12.9. The van der Waals surface area contributed by atoms with Crippen LogP contribution in [0, 0.1) is 0 Å². The van der Waals surface area contributed by atoms with Crippen LogP contribution in [0.4, 0.5) is 4.79 Å². The van der Waals surface area contributed by atoms with E-state index in [0.717, 1.165) is 19.3 Å². The minimum Gasteiger partial charge on any atom is -0.341 e. The lowest BCUT2D eigenvalue weighted by Crippen LogP contribution is -2.53. The molecule has 1 aromatic heterocycles. The summed E-state index contributed by atoms with van der Waals surface area (Å²) in [5.74, 6) is -0.101. The highest BCUT2D eigenvalue weighted by atomic mass is 16.2. The third-order valence-corrected chi connectivity index (χ3v) is 4.38. The van der Waals surface area contributed by atoms with Gasteiger partial charge in [-0.25, -0.2) is 4.79 Å². The molecule has 1 fully saturated rings. The molecule has 0 spiro atoms. The van der Waals surface area contributed by atoms with Crippen molar-refractivity contribution >= 4 is 11.9 Å². The number of pyridine rings is 1. The minimum atomic E-state index is -1.07. The first-order chi connectivity index (χ1) is 10.5. The molecule has 0 aliphatic carbocycles. The maximum Gasteiger partial charge on any atom is 0.320 e. The molecule has 22 heavy (non-hydrogen) atoms. The van der Waals surface area contributed by atoms with Crippen LogP contribution < -0.4 is 5.32 Å². The summed E-state index contributed by atoms with van der Waals surface area (Å²) in [5.41, 5.74) is -0.483. The van der Waals surface area contributed by atoms with Gasteiger partial charge in [0.1, 0.15) is 6.17 Å². The fourth-order valence-corrected chi connectivity index (χ4v) is 3.11. The summed E-state index contributed by atoms with van der Waals surface area (Å²) in [7, 11) is 3.34. The molecule has 2 atom stereocenters. The highest BCUT2D eigenvalue weighted by Crippen LogP contribution is 2.39. The van der Waals surface area contributed by atoms with Gasteiger partial charge in [0.25, 0.3) is 5.91 Å². The third-order valence-electron chi connectivity index (χ3n) is 4.38. The van der Waals surface area contributed by atoms with E-state index < -0.39 is 5.54 Å². The molecule has 0 bridgehead atoms. The number of carbonyl (C=O) groups excluding carboxylic acids is 2. The van der Waals surface area contributed by atoms with Crippen molar-refractivity contribution in [3.63, 3.8) is 0 Å². The average molecular weight is 304 g/mol. The monoisotopic (exact) mass is 304 g/mol. The Labute approximate surface area is 131 Å². The average Bonchev–Trinajstić information content (AvgIpc) is 2.75. The van der Waals surface area contributed by atoms with Crippen LogP contribution >= 0.6 is 0 Å². The van der Waals surface area contributed by atoms with E-state index in [2.05, 4.69) is 17.2 Å². The number of likely N-dealkylation sites (N-methyl/N-ethyl adjacent to an activating group) is 1. The van der Waals surface area contributed by atoms with Crippen molar-refractivity contribution in [3.05, 3.63) is 30.1 Å². The van der Waals surface area contributed by atoms with E-state index in [1.54, 1.807) is 49.1 Å². The van der Waals surface area contributed by atoms with E-state index in [-0.39, 0.29) is 18.1 Å². The standard InChI is InChI=1S/C16H24N4O2/c1-5-6-10-13-19(4)14(21)16(2,20(13)15(22)17-3)12-9-7-8-11-18-12/h7-9,11,13H,5-6,10H2,1-4H3,(H,17,22). The number of unbranched alkanes of at least 4 members (excludes halogenated alkanes) is 1. The van der Waals surface area contributed by atoms with Gasteiger partial charge >= 0.3 is 6.03 Å². The predicted molar refractivity (Wildman–Crippen MR) is 84.0 cm³/mol. The van der Waals surface area contributed by atoms with Gasteiger partial charge in [-0.05, 0) is 31.9 Å². The van der Waals surface area contributed by atoms with Crippen LogP contribution in [0.3, 0.4) is 0 Å². The van der Waals surface area contributed by atoms with E-state index in [9.17, 15) is 9.59 Å². The molecule has 2 unspecified atom stereocenters. The Hall–Kier alpha value is -2.11. The Balaban J connectivity index is 2.50. The van der Waals surface area contributed by atoms with Gasteiger partial charge < -0.3 is 10.2 Å². The molecule has 2 rings (SSSR count). The first kappa shape index (κ1) is 16.3. The zero-order valence-electron chi connectivity index (χ0n) is 13.7. The van der Waals surface area contributed by atoms with Crippen LogP contribution in [0.25, 0.3) is 0 Å². The van der Waals surface area contributed by atoms with Gasteiger partial charge in [-0.1, -0.05) is 19.4 Å². The molecule has 1 aliphatic heterocycles. The molecule has 6 heteroatoms. The van der Waals surface area contributed by atoms with Crippen LogP contribution in [0.5, 0.6) is 0 Å².